The molecular weight excluding hydrogens is 551 g/mol. The number of aryl methyl sites for hydroxylation is 2. The number of carbonyl (C=O) groups excluding carboxylic acids is 4. The Morgan fingerprint density at radius 2 is 1.98 bits per heavy atom. The molecule has 0 unspecified atom stereocenters. The zero-order valence-corrected chi connectivity index (χ0v) is 24.9. The minimum Gasteiger partial charge on any atom is -0.355 e. The predicted molar refractivity (Wildman–Crippen MR) is 159 cm³/mol. The molecule has 2 aliphatic rings. The molecule has 3 aromatic rings. The van der Waals surface area contributed by atoms with Gasteiger partial charge in [0.15, 0.2) is 0 Å². The number of fused-ring (bicyclic) bond motifs is 4. The summed E-state index contributed by atoms with van der Waals surface area (Å²) in [5, 5.41) is 5.93. The third kappa shape index (κ3) is 6.71. The van der Waals surface area contributed by atoms with Crippen molar-refractivity contribution in [3.8, 4) is 0 Å². The Balaban J connectivity index is 1.42. The first kappa shape index (κ1) is 30.2. The van der Waals surface area contributed by atoms with Gasteiger partial charge in [0.05, 0.1) is 24.2 Å². The van der Waals surface area contributed by atoms with E-state index in [1.54, 1.807) is 18.3 Å². The lowest BCUT2D eigenvalue weighted by Gasteiger charge is -2.32. The van der Waals surface area contributed by atoms with E-state index in [9.17, 15) is 23.6 Å². The Hall–Kier alpha value is -4.28. The highest BCUT2D eigenvalue weighted by atomic mass is 19.1. The lowest BCUT2D eigenvalue weighted by atomic mass is 10.0. The van der Waals surface area contributed by atoms with Gasteiger partial charge in [0.1, 0.15) is 17.5 Å². The molecule has 0 spiro atoms. The van der Waals surface area contributed by atoms with Crippen molar-refractivity contribution in [2.24, 2.45) is 5.92 Å². The van der Waals surface area contributed by atoms with Gasteiger partial charge in [0.2, 0.25) is 17.7 Å². The molecule has 1 saturated heterocycles. The normalized spacial score (nSPS) is 20.6. The highest BCUT2D eigenvalue weighted by molar-refractivity contribution is 5.98. The maximum Gasteiger partial charge on any atom is 0.257 e. The zero-order valence-electron chi connectivity index (χ0n) is 24.9. The summed E-state index contributed by atoms with van der Waals surface area (Å²) >= 11 is 0. The van der Waals surface area contributed by atoms with E-state index in [0.717, 1.165) is 16.8 Å². The van der Waals surface area contributed by atoms with Gasteiger partial charge in [-0.05, 0) is 67.9 Å². The van der Waals surface area contributed by atoms with E-state index in [1.807, 2.05) is 43.5 Å². The quantitative estimate of drug-likeness (QED) is 0.487. The van der Waals surface area contributed by atoms with Crippen LogP contribution < -0.4 is 10.6 Å². The second kappa shape index (κ2) is 12.9. The largest absolute Gasteiger partial charge is 0.355 e. The molecule has 0 saturated carbocycles. The number of aromatic nitrogens is 2. The average Bonchev–Trinajstić information content (AvgIpc) is 3.63. The summed E-state index contributed by atoms with van der Waals surface area (Å²) in [6.45, 7) is 6.47. The van der Waals surface area contributed by atoms with Gasteiger partial charge in [0, 0.05) is 38.1 Å². The van der Waals surface area contributed by atoms with E-state index in [0.29, 0.717) is 44.5 Å². The van der Waals surface area contributed by atoms with E-state index >= 15 is 0 Å². The molecule has 2 aromatic heterocycles. The van der Waals surface area contributed by atoms with Gasteiger partial charge in [-0.3, -0.25) is 19.2 Å². The molecule has 228 valence electrons. The van der Waals surface area contributed by atoms with Gasteiger partial charge in [-0.2, -0.15) is 0 Å². The molecule has 0 aliphatic carbocycles. The molecule has 5 rings (SSSR count). The lowest BCUT2D eigenvalue weighted by Crippen LogP contribution is -2.55. The monoisotopic (exact) mass is 590 g/mol. The molecule has 43 heavy (non-hydrogen) atoms. The van der Waals surface area contributed by atoms with Crippen molar-refractivity contribution in [3.63, 3.8) is 0 Å². The number of amides is 4. The number of hydrogen-bond acceptors (Lipinski definition) is 5. The van der Waals surface area contributed by atoms with E-state index in [-0.39, 0.29) is 48.7 Å². The van der Waals surface area contributed by atoms with Crippen LogP contribution in [0.25, 0.3) is 5.65 Å². The number of carbonyl (C=O) groups is 4. The van der Waals surface area contributed by atoms with Gasteiger partial charge in [-0.1, -0.05) is 26.0 Å². The van der Waals surface area contributed by atoms with E-state index in [4.69, 9.17) is 0 Å². The van der Waals surface area contributed by atoms with Crippen molar-refractivity contribution < 1.29 is 23.6 Å². The molecule has 2 N–H and O–H groups in total. The van der Waals surface area contributed by atoms with Crippen molar-refractivity contribution in [1.82, 2.24) is 29.8 Å². The Bertz CT molecular complexity index is 1540. The molecule has 4 amide bonds. The van der Waals surface area contributed by atoms with Gasteiger partial charge in [-0.25, -0.2) is 9.37 Å². The summed E-state index contributed by atoms with van der Waals surface area (Å²) < 4.78 is 16.7. The summed E-state index contributed by atoms with van der Waals surface area (Å²) in [6, 6.07) is 7.07. The van der Waals surface area contributed by atoms with Crippen LogP contribution in [0.1, 0.15) is 60.3 Å². The second-order valence-electron chi connectivity index (χ2n) is 11.9. The van der Waals surface area contributed by atoms with Crippen LogP contribution in [0.2, 0.25) is 0 Å². The first-order chi connectivity index (χ1) is 20.6. The number of benzene rings is 1. The first-order valence-electron chi connectivity index (χ1n) is 15.0. The molecule has 2 bridgehead atoms. The van der Waals surface area contributed by atoms with Gasteiger partial charge >= 0.3 is 0 Å². The number of hydrogen-bond donors (Lipinski definition) is 2. The Labute approximate surface area is 250 Å². The molecule has 10 nitrogen and oxygen atoms in total. The molecule has 1 aromatic carbocycles. The third-order valence-corrected chi connectivity index (χ3v) is 8.42. The van der Waals surface area contributed by atoms with Crippen molar-refractivity contribution in [2.45, 2.75) is 65.0 Å². The zero-order chi connectivity index (χ0) is 30.7. The fraction of sp³-hybridized carbons (Fsp3) is 0.469. The maximum absolute atomic E-state index is 14.8. The molecule has 2 atom stereocenters. The smallest absolute Gasteiger partial charge is 0.257 e. The van der Waals surface area contributed by atoms with Crippen molar-refractivity contribution in [1.29, 1.82) is 0 Å². The number of nitrogens with one attached hydrogen (secondary N) is 2. The van der Waals surface area contributed by atoms with E-state index < -0.39 is 23.8 Å². The summed E-state index contributed by atoms with van der Waals surface area (Å²) in [5.41, 5.74) is 3.16. The van der Waals surface area contributed by atoms with Crippen molar-refractivity contribution >= 4 is 29.3 Å². The van der Waals surface area contributed by atoms with Crippen LogP contribution in [0.3, 0.4) is 0 Å². The van der Waals surface area contributed by atoms with Crippen LogP contribution >= 0.6 is 0 Å². The molecule has 4 heterocycles. The second-order valence-corrected chi connectivity index (χ2v) is 11.9. The Morgan fingerprint density at radius 1 is 1.16 bits per heavy atom. The standard InChI is InChI=1S/C32H39FN6O4/c1-20(2)26-18-37(29(41)16-23-17-35-30-21(3)7-5-13-38(23)30)19-28(40)34-12-4-8-22-10-11-25(33)24(15-22)32(43)39-14-6-9-27(39)31(42)36-26/h5,7,10-11,13,15,17,20,26-27H,4,6,8-9,12,14,16,18-19H2,1-3H3,(H,34,40)(H,36,42)/t26-,27-/m0/s1. The van der Waals surface area contributed by atoms with Crippen molar-refractivity contribution in [2.75, 3.05) is 26.2 Å². The molecular formula is C32H39FN6O4. The Kier molecular flexibility index (Phi) is 9.08. The summed E-state index contributed by atoms with van der Waals surface area (Å²) in [7, 11) is 0. The highest BCUT2D eigenvalue weighted by Crippen LogP contribution is 2.23. The average molecular weight is 591 g/mol. The minimum atomic E-state index is -0.749. The van der Waals surface area contributed by atoms with E-state index in [1.165, 1.54) is 15.9 Å². The number of nitrogens with zero attached hydrogens (tertiary/aromatic N) is 4. The number of rotatable bonds is 3. The minimum absolute atomic E-state index is 0.0305. The number of pyridine rings is 1. The molecule has 2 aliphatic heterocycles. The molecule has 1 fully saturated rings. The van der Waals surface area contributed by atoms with E-state index in [2.05, 4.69) is 15.6 Å². The summed E-state index contributed by atoms with van der Waals surface area (Å²) in [4.78, 5) is 61.2. The maximum atomic E-state index is 14.8. The fourth-order valence-electron chi connectivity index (χ4n) is 5.87. The third-order valence-electron chi connectivity index (χ3n) is 8.42. The van der Waals surface area contributed by atoms with Crippen LogP contribution in [0.5, 0.6) is 0 Å². The summed E-state index contributed by atoms with van der Waals surface area (Å²) in [6.07, 6.45) is 5.74. The van der Waals surface area contributed by atoms with Crippen LogP contribution in [-0.4, -0.2) is 81.1 Å². The Morgan fingerprint density at radius 3 is 2.77 bits per heavy atom. The first-order valence-corrected chi connectivity index (χ1v) is 15.0. The predicted octanol–water partition coefficient (Wildman–Crippen LogP) is 2.66. The van der Waals surface area contributed by atoms with Gasteiger partial charge in [0.25, 0.3) is 5.91 Å². The number of halogens is 1. The molecule has 11 heteroatoms. The SMILES string of the molecule is Cc1cccn2c(CC(=O)N3CC(=O)NCCCc4ccc(F)c(c4)C(=O)N4CCC[C@H]4C(=O)N[C@H](C(C)C)C3)cnc12. The topological polar surface area (TPSA) is 116 Å². The van der Waals surface area contributed by atoms with Crippen LogP contribution in [0.4, 0.5) is 4.39 Å². The number of imidazole rings is 1. The fourth-order valence-corrected chi connectivity index (χ4v) is 5.87. The van der Waals surface area contributed by atoms with Crippen LogP contribution in [-0.2, 0) is 27.2 Å². The van der Waals surface area contributed by atoms with Crippen molar-refractivity contribution in [3.05, 3.63) is 70.9 Å². The molecule has 0 radical (unpaired) electrons. The lowest BCUT2D eigenvalue weighted by molar-refractivity contribution is -0.136. The summed E-state index contributed by atoms with van der Waals surface area (Å²) in [5.74, 6) is -2.13. The highest BCUT2D eigenvalue weighted by Gasteiger charge is 2.37. The van der Waals surface area contributed by atoms with Crippen LogP contribution in [0, 0.1) is 18.7 Å². The van der Waals surface area contributed by atoms with Crippen LogP contribution in [0.15, 0.2) is 42.7 Å². The van der Waals surface area contributed by atoms with Gasteiger partial charge < -0.3 is 24.8 Å². The van der Waals surface area contributed by atoms with Gasteiger partial charge in [-0.15, -0.1) is 0 Å².